The van der Waals surface area contributed by atoms with Crippen LogP contribution in [0.4, 0.5) is 0 Å². The zero-order chi connectivity index (χ0) is 9.78. The number of quaternary nitrogens is 1. The number of carbonyl (C=O) groups is 1. The van der Waals surface area contributed by atoms with Crippen molar-refractivity contribution in [2.45, 2.75) is 12.5 Å². The van der Waals surface area contributed by atoms with E-state index in [0.29, 0.717) is 6.42 Å². The highest BCUT2D eigenvalue weighted by molar-refractivity contribution is 5.72. The number of carboxylic acids is 1. The summed E-state index contributed by atoms with van der Waals surface area (Å²) in [5, 5.41) is 8.64. The minimum absolute atomic E-state index is 0. The van der Waals surface area contributed by atoms with Crippen LogP contribution in [0.15, 0.2) is 0 Å². The van der Waals surface area contributed by atoms with Crippen LogP contribution < -0.4 is 12.4 Å². The van der Waals surface area contributed by atoms with Gasteiger partial charge in [-0.1, -0.05) is 0 Å². The Morgan fingerprint density at radius 1 is 1.46 bits per heavy atom. The summed E-state index contributed by atoms with van der Waals surface area (Å²) in [4.78, 5) is 10.5. The highest BCUT2D eigenvalue weighted by Gasteiger charge is 2.19. The van der Waals surface area contributed by atoms with Crippen molar-refractivity contribution in [2.75, 3.05) is 34.8 Å². The number of halogens is 1. The monoisotopic (exact) mass is 211 g/mol. The second kappa shape index (κ2) is 6.18. The Bertz CT molecular complexity index is 156. The summed E-state index contributed by atoms with van der Waals surface area (Å²) in [5.74, 6) is -0.883. The Balaban J connectivity index is 0. The highest BCUT2D eigenvalue weighted by atomic mass is 35.5. The third-order valence-corrected chi connectivity index (χ3v) is 1.62. The van der Waals surface area contributed by atoms with Gasteiger partial charge in [0.2, 0.25) is 0 Å². The van der Waals surface area contributed by atoms with Gasteiger partial charge in [0.15, 0.2) is 6.10 Å². The molecule has 0 bridgehead atoms. The van der Waals surface area contributed by atoms with Gasteiger partial charge in [0.25, 0.3) is 0 Å². The summed E-state index contributed by atoms with van der Waals surface area (Å²) in [6.45, 7) is 0.796. The fourth-order valence-corrected chi connectivity index (χ4v) is 0.847. The predicted molar refractivity (Wildman–Crippen MR) is 45.9 cm³/mol. The Labute approximate surface area is 85.5 Å². The number of rotatable bonds is 5. The first-order chi connectivity index (χ1) is 5.37. The molecular weight excluding hydrogens is 194 g/mol. The molecule has 0 aliphatic carbocycles. The molecule has 0 heterocycles. The van der Waals surface area contributed by atoms with Gasteiger partial charge in [0.1, 0.15) is 0 Å². The maximum atomic E-state index is 10.5. The lowest BCUT2D eigenvalue weighted by Gasteiger charge is -2.24. The van der Waals surface area contributed by atoms with Crippen LogP contribution in [-0.2, 0) is 9.53 Å². The van der Waals surface area contributed by atoms with Crippen LogP contribution in [0.5, 0.6) is 0 Å². The topological polar surface area (TPSA) is 46.5 Å². The van der Waals surface area contributed by atoms with Gasteiger partial charge in [-0.3, -0.25) is 0 Å². The molecule has 0 saturated heterocycles. The molecule has 0 rings (SSSR count). The van der Waals surface area contributed by atoms with E-state index in [2.05, 4.69) is 0 Å². The van der Waals surface area contributed by atoms with Gasteiger partial charge in [-0.05, 0) is 0 Å². The molecule has 0 aliphatic heterocycles. The molecule has 13 heavy (non-hydrogen) atoms. The first-order valence-electron chi connectivity index (χ1n) is 3.93. The largest absolute Gasteiger partial charge is 1.00 e. The Kier molecular flexibility index (Phi) is 7.21. The molecule has 0 fully saturated rings. The molecule has 0 aromatic carbocycles. The normalized spacial score (nSPS) is 13.2. The molecule has 80 valence electrons. The van der Waals surface area contributed by atoms with Crippen molar-refractivity contribution in [3.8, 4) is 0 Å². The van der Waals surface area contributed by atoms with Gasteiger partial charge in [-0.25, -0.2) is 4.79 Å². The average molecular weight is 212 g/mol. The van der Waals surface area contributed by atoms with E-state index >= 15 is 0 Å². The zero-order valence-corrected chi connectivity index (χ0v) is 9.34. The van der Waals surface area contributed by atoms with Crippen molar-refractivity contribution in [3.63, 3.8) is 0 Å². The Morgan fingerprint density at radius 3 is 2.15 bits per heavy atom. The maximum absolute atomic E-state index is 10.5. The molecule has 1 N–H and O–H groups in total. The van der Waals surface area contributed by atoms with Gasteiger partial charge < -0.3 is 26.7 Å². The summed E-state index contributed by atoms with van der Waals surface area (Å²) < 4.78 is 5.55. The minimum Gasteiger partial charge on any atom is -1.00 e. The highest BCUT2D eigenvalue weighted by Crippen LogP contribution is 2.01. The van der Waals surface area contributed by atoms with Crippen molar-refractivity contribution in [3.05, 3.63) is 0 Å². The van der Waals surface area contributed by atoms with E-state index in [0.717, 1.165) is 11.0 Å². The summed E-state index contributed by atoms with van der Waals surface area (Å²) in [6, 6.07) is 0. The average Bonchev–Trinajstić information content (AvgIpc) is 1.85. The molecule has 0 spiro atoms. The van der Waals surface area contributed by atoms with Crippen LogP contribution in [-0.4, -0.2) is 56.5 Å². The van der Waals surface area contributed by atoms with E-state index in [-0.39, 0.29) is 12.4 Å². The van der Waals surface area contributed by atoms with Crippen molar-refractivity contribution in [2.24, 2.45) is 0 Å². The molecule has 0 aliphatic rings. The van der Waals surface area contributed by atoms with Gasteiger partial charge in [-0.2, -0.15) is 0 Å². The quantitative estimate of drug-likeness (QED) is 0.500. The number of carboxylic acid groups (broad SMARTS) is 1. The predicted octanol–water partition coefficient (Wildman–Crippen LogP) is -2.81. The number of hydrogen-bond donors (Lipinski definition) is 1. The van der Waals surface area contributed by atoms with Gasteiger partial charge in [0.05, 0.1) is 27.7 Å². The van der Waals surface area contributed by atoms with E-state index in [1.54, 1.807) is 0 Å². The molecule has 4 nitrogen and oxygen atoms in total. The molecule has 0 saturated carbocycles. The fraction of sp³-hybridized carbons (Fsp3) is 0.875. The minimum atomic E-state index is -0.883. The number of ether oxygens (including phenoxy) is 1. The van der Waals surface area contributed by atoms with Crippen LogP contribution in [0.3, 0.4) is 0 Å². The maximum Gasteiger partial charge on any atom is 0.333 e. The summed E-state index contributed by atoms with van der Waals surface area (Å²) in [6.07, 6.45) is -0.114. The van der Waals surface area contributed by atoms with E-state index in [9.17, 15) is 4.79 Å². The fourth-order valence-electron chi connectivity index (χ4n) is 0.847. The van der Waals surface area contributed by atoms with Crippen LogP contribution in [0.2, 0.25) is 0 Å². The first-order valence-corrected chi connectivity index (χ1v) is 3.93. The lowest BCUT2D eigenvalue weighted by Crippen LogP contribution is -3.00. The Hall–Kier alpha value is -0.320. The molecule has 1 unspecified atom stereocenters. The van der Waals surface area contributed by atoms with Gasteiger partial charge in [0, 0.05) is 13.5 Å². The number of hydrogen-bond acceptors (Lipinski definition) is 2. The molecule has 5 heteroatoms. The number of nitrogens with zero attached hydrogens (tertiary/aromatic N) is 1. The van der Waals surface area contributed by atoms with Crippen LogP contribution in [0, 0.1) is 0 Å². The van der Waals surface area contributed by atoms with E-state index < -0.39 is 12.1 Å². The zero-order valence-electron chi connectivity index (χ0n) is 8.58. The van der Waals surface area contributed by atoms with Crippen LogP contribution in [0.1, 0.15) is 6.42 Å². The molecule has 0 aromatic heterocycles. The molecule has 1 atom stereocenters. The second-order valence-corrected chi connectivity index (χ2v) is 3.87. The molecule has 0 amide bonds. The summed E-state index contributed by atoms with van der Waals surface area (Å²) in [5.41, 5.74) is 0. The van der Waals surface area contributed by atoms with E-state index in [4.69, 9.17) is 9.84 Å². The van der Waals surface area contributed by atoms with Crippen molar-refractivity contribution >= 4 is 5.97 Å². The smallest absolute Gasteiger partial charge is 0.333 e. The van der Waals surface area contributed by atoms with Crippen molar-refractivity contribution in [1.82, 2.24) is 0 Å². The summed E-state index contributed by atoms with van der Waals surface area (Å²) >= 11 is 0. The van der Waals surface area contributed by atoms with E-state index in [1.165, 1.54) is 7.11 Å². The third-order valence-electron chi connectivity index (χ3n) is 1.62. The lowest BCUT2D eigenvalue weighted by atomic mass is 10.2. The Morgan fingerprint density at radius 2 is 1.92 bits per heavy atom. The molecule has 0 radical (unpaired) electrons. The standard InChI is InChI=1S/C8H17NO3.ClH/c1-9(2,3)6-5-7(12-4)8(10)11;/h7H,5-6H2,1-4H3;1H. The number of aliphatic carboxylic acids is 1. The molecule has 0 aromatic rings. The number of methoxy groups -OCH3 is 1. The SMILES string of the molecule is COC(CC[N+](C)(C)C)C(=O)O.[Cl-]. The lowest BCUT2D eigenvalue weighted by molar-refractivity contribution is -0.870. The van der Waals surface area contributed by atoms with Crippen molar-refractivity contribution in [1.29, 1.82) is 0 Å². The van der Waals surface area contributed by atoms with E-state index in [1.807, 2.05) is 21.1 Å². The summed E-state index contributed by atoms with van der Waals surface area (Å²) in [7, 11) is 7.49. The van der Waals surface area contributed by atoms with Gasteiger partial charge >= 0.3 is 5.97 Å². The first kappa shape index (κ1) is 15.2. The van der Waals surface area contributed by atoms with Gasteiger partial charge in [-0.15, -0.1) is 0 Å². The second-order valence-electron chi connectivity index (χ2n) is 3.87. The molecular formula is C8H18ClNO3. The van der Waals surface area contributed by atoms with Crippen LogP contribution in [0.25, 0.3) is 0 Å². The van der Waals surface area contributed by atoms with Crippen molar-refractivity contribution < 1.29 is 31.5 Å². The van der Waals surface area contributed by atoms with Crippen LogP contribution >= 0.6 is 0 Å². The third kappa shape index (κ3) is 8.02.